The van der Waals surface area contributed by atoms with E-state index in [0.29, 0.717) is 10.3 Å². The Kier molecular flexibility index (Phi) is 7.02. The molecule has 1 N–H and O–H groups in total. The van der Waals surface area contributed by atoms with Gasteiger partial charge in [0.15, 0.2) is 0 Å². The monoisotopic (exact) mass is 660 g/mol. The maximum Gasteiger partial charge on any atom is 0.296 e. The van der Waals surface area contributed by atoms with E-state index in [1.807, 2.05) is 29.4 Å². The fraction of sp³-hybridized carbons (Fsp3) is 0.212. The minimum atomic E-state index is -4.36. The molecular weight excluding hydrogens is 629 g/mol. The van der Waals surface area contributed by atoms with Gasteiger partial charge in [-0.3, -0.25) is 4.55 Å². The van der Waals surface area contributed by atoms with Gasteiger partial charge >= 0.3 is 0 Å². The molecule has 1 unspecified atom stereocenters. The number of thiazole rings is 2. The van der Waals surface area contributed by atoms with Crippen molar-refractivity contribution >= 4 is 76.4 Å². The molecule has 0 saturated carbocycles. The van der Waals surface area contributed by atoms with Gasteiger partial charge in [0.1, 0.15) is 33.8 Å². The molecule has 1 aliphatic heterocycles. The molecule has 0 aliphatic carbocycles. The quantitative estimate of drug-likeness (QED) is 0.159. The van der Waals surface area contributed by atoms with Gasteiger partial charge in [-0.15, -0.1) is 0 Å². The third-order valence-corrected chi connectivity index (χ3v) is 13.5. The molecule has 7 rings (SSSR count). The number of thioether (sulfide) groups is 1. The van der Waals surface area contributed by atoms with Gasteiger partial charge in [0.25, 0.3) is 20.1 Å². The normalized spacial score (nSPS) is 15.0. The summed E-state index contributed by atoms with van der Waals surface area (Å²) in [4.78, 5) is 5.73. The van der Waals surface area contributed by atoms with Gasteiger partial charge in [-0.05, 0) is 60.5 Å². The Labute approximate surface area is 269 Å². The Bertz CT molecular complexity index is 2220. The molecule has 1 atom stereocenters. The van der Waals surface area contributed by atoms with Crippen molar-refractivity contribution in [1.82, 2.24) is 0 Å². The number of hydrogen-bond donors (Lipinski definition) is 1. The molecule has 11 heteroatoms. The van der Waals surface area contributed by atoms with Crippen molar-refractivity contribution in [3.8, 4) is 21.1 Å². The van der Waals surface area contributed by atoms with Gasteiger partial charge in [0.05, 0.1) is 16.8 Å². The van der Waals surface area contributed by atoms with Crippen molar-refractivity contribution < 1.29 is 22.1 Å². The highest BCUT2D eigenvalue weighted by atomic mass is 32.2. The average molecular weight is 661 g/mol. The lowest BCUT2D eigenvalue weighted by atomic mass is 10.1. The highest BCUT2D eigenvalue weighted by molar-refractivity contribution is 8.00. The zero-order valence-corrected chi connectivity index (χ0v) is 28.5. The summed E-state index contributed by atoms with van der Waals surface area (Å²) in [5, 5.41) is 2.32. The fourth-order valence-electron chi connectivity index (χ4n) is 5.99. The molecule has 2 aromatic heterocycles. The Hall–Kier alpha value is -3.48. The van der Waals surface area contributed by atoms with Gasteiger partial charge in [-0.2, -0.15) is 17.6 Å². The summed E-state index contributed by atoms with van der Waals surface area (Å²) < 4.78 is 40.4. The van der Waals surface area contributed by atoms with Crippen LogP contribution in [0.1, 0.15) is 16.5 Å². The third-order valence-electron chi connectivity index (χ3n) is 8.36. The molecule has 0 saturated heterocycles. The van der Waals surface area contributed by atoms with Crippen LogP contribution in [-0.4, -0.2) is 34.1 Å². The summed E-state index contributed by atoms with van der Waals surface area (Å²) in [6, 6.07) is 25.6. The number of benzene rings is 4. The van der Waals surface area contributed by atoms with Crippen molar-refractivity contribution in [2.45, 2.75) is 22.1 Å². The molecule has 0 fully saturated rings. The second kappa shape index (κ2) is 10.6. The number of nitrogens with zero attached hydrogens (tertiary/aromatic N) is 4. The lowest BCUT2D eigenvalue weighted by molar-refractivity contribution is -0.629. The smallest absolute Gasteiger partial charge is 0.296 e. The van der Waals surface area contributed by atoms with Crippen LogP contribution in [0.2, 0.25) is 0 Å². The number of fused-ring (bicyclic) bond motifs is 3. The van der Waals surface area contributed by atoms with Gasteiger partial charge in [0.2, 0.25) is 11.0 Å². The summed E-state index contributed by atoms with van der Waals surface area (Å²) in [6.07, 6.45) is 0. The Morgan fingerprint density at radius 3 is 2.18 bits per heavy atom. The van der Waals surface area contributed by atoms with Crippen LogP contribution < -0.4 is 18.9 Å². The van der Waals surface area contributed by atoms with Crippen molar-refractivity contribution in [2.24, 2.45) is 14.1 Å². The first kappa shape index (κ1) is 29.2. The first-order valence-electron chi connectivity index (χ1n) is 14.1. The van der Waals surface area contributed by atoms with Gasteiger partial charge < -0.3 is 9.80 Å². The van der Waals surface area contributed by atoms with E-state index in [1.165, 1.54) is 43.7 Å². The van der Waals surface area contributed by atoms with E-state index in [1.54, 1.807) is 24.3 Å². The molecule has 4 aromatic carbocycles. The van der Waals surface area contributed by atoms with E-state index >= 15 is 0 Å². The molecule has 1 aliphatic rings. The third kappa shape index (κ3) is 4.69. The summed E-state index contributed by atoms with van der Waals surface area (Å²) in [5.74, 6) is 0. The van der Waals surface area contributed by atoms with Crippen LogP contribution in [0.3, 0.4) is 0 Å². The molecule has 0 radical (unpaired) electrons. The number of aryl methyl sites for hydroxylation is 3. The van der Waals surface area contributed by atoms with Crippen LogP contribution in [-0.2, 0) is 24.2 Å². The maximum absolute atomic E-state index is 12.2. The number of rotatable bonds is 5. The Morgan fingerprint density at radius 1 is 0.841 bits per heavy atom. The largest absolute Gasteiger partial charge is 0.378 e. The maximum atomic E-state index is 12.2. The van der Waals surface area contributed by atoms with Crippen LogP contribution >= 0.6 is 34.4 Å². The molecule has 0 spiro atoms. The van der Waals surface area contributed by atoms with E-state index in [9.17, 15) is 13.0 Å². The molecule has 7 nitrogen and oxygen atoms in total. The predicted molar refractivity (Wildman–Crippen MR) is 183 cm³/mol. The SMILES string of the molecule is Cc1ccc2c(sc(-c3ccc4c(c3)sc(-c3ccc5c(c3)SC(c3ccc(N(C)C)cc3)N5C)[n+]4C)[n+]2C)c1S(=O)(=O)O. The highest BCUT2D eigenvalue weighted by Gasteiger charge is 2.31. The molecule has 44 heavy (non-hydrogen) atoms. The minimum absolute atomic E-state index is 0.0133. The zero-order valence-electron chi connectivity index (χ0n) is 25.2. The van der Waals surface area contributed by atoms with E-state index < -0.39 is 10.1 Å². The molecule has 224 valence electrons. The van der Waals surface area contributed by atoms with Crippen molar-refractivity contribution in [3.63, 3.8) is 0 Å². The second-order valence-electron chi connectivity index (χ2n) is 11.4. The van der Waals surface area contributed by atoms with E-state index in [-0.39, 0.29) is 10.3 Å². The van der Waals surface area contributed by atoms with Gasteiger partial charge in [-0.25, -0.2) is 0 Å². The van der Waals surface area contributed by atoms with Crippen molar-refractivity contribution in [1.29, 1.82) is 0 Å². The van der Waals surface area contributed by atoms with Crippen molar-refractivity contribution in [2.75, 3.05) is 30.9 Å². The topological polar surface area (TPSA) is 68.6 Å². The lowest BCUT2D eigenvalue weighted by Crippen LogP contribution is -2.29. The summed E-state index contributed by atoms with van der Waals surface area (Å²) in [5.41, 5.74) is 8.34. The van der Waals surface area contributed by atoms with Crippen LogP contribution in [0, 0.1) is 6.92 Å². The molecule has 3 heterocycles. The second-order valence-corrected chi connectivity index (χ2v) is 15.9. The first-order chi connectivity index (χ1) is 20.9. The first-order valence-corrected chi connectivity index (χ1v) is 18.0. The number of anilines is 2. The van der Waals surface area contributed by atoms with Gasteiger partial charge in [0, 0.05) is 43.9 Å². The zero-order chi connectivity index (χ0) is 31.1. The number of hydrogen-bond acceptors (Lipinski definition) is 7. The summed E-state index contributed by atoms with van der Waals surface area (Å²) >= 11 is 5.02. The van der Waals surface area contributed by atoms with Crippen LogP contribution in [0.4, 0.5) is 11.4 Å². The Morgan fingerprint density at radius 2 is 1.48 bits per heavy atom. The van der Waals surface area contributed by atoms with E-state index in [0.717, 1.165) is 26.3 Å². The van der Waals surface area contributed by atoms with Crippen LogP contribution in [0.5, 0.6) is 0 Å². The number of aromatic nitrogens is 2. The molecule has 6 aromatic rings. The van der Waals surface area contributed by atoms with E-state index in [2.05, 4.69) is 103 Å². The molecular formula is C33H32N4O3S4+2. The highest BCUT2D eigenvalue weighted by Crippen LogP contribution is 2.51. The Balaban J connectivity index is 1.25. The molecule has 0 bridgehead atoms. The van der Waals surface area contributed by atoms with Crippen LogP contribution in [0.25, 0.3) is 41.6 Å². The summed E-state index contributed by atoms with van der Waals surface area (Å²) in [6.45, 7) is 1.71. The van der Waals surface area contributed by atoms with Crippen molar-refractivity contribution in [3.05, 3.63) is 83.9 Å². The van der Waals surface area contributed by atoms with Crippen LogP contribution in [0.15, 0.2) is 82.6 Å². The van der Waals surface area contributed by atoms with Gasteiger partial charge in [-0.1, -0.05) is 52.6 Å². The molecule has 0 amide bonds. The van der Waals surface area contributed by atoms with E-state index in [4.69, 9.17) is 0 Å². The predicted octanol–water partition coefficient (Wildman–Crippen LogP) is 6.96. The fourth-order valence-corrected chi connectivity index (χ4v) is 11.0. The standard InChI is InChI=1S/C33H31N4O3S4/c1-19-7-14-26-29(30(19)44(38,39)40)43-33(37(26)6)22-11-16-25-28(18-22)42-32(36(25)5)21-10-15-24-27(17-21)41-31(35(24)4)20-8-12-23(13-9-20)34(2)3/h7-18,31H,1-6H3/q+1/p+1. The average Bonchev–Trinajstić information content (AvgIpc) is 3.62. The lowest BCUT2D eigenvalue weighted by Gasteiger charge is -2.22. The summed E-state index contributed by atoms with van der Waals surface area (Å²) in [7, 11) is 5.97. The minimum Gasteiger partial charge on any atom is -0.378 e.